The first-order chi connectivity index (χ1) is 9.35. The Balaban J connectivity index is 2.27. The zero-order chi connectivity index (χ0) is 13.2. The molecule has 0 aliphatic heterocycles. The van der Waals surface area contributed by atoms with Gasteiger partial charge in [0.25, 0.3) is 0 Å². The minimum Gasteiger partial charge on any atom is -0.494 e. The van der Waals surface area contributed by atoms with E-state index >= 15 is 0 Å². The molecule has 0 amide bonds. The molecule has 5 heteroatoms. The third-order valence-corrected chi connectivity index (χ3v) is 3.08. The number of para-hydroxylation sites is 2. The summed E-state index contributed by atoms with van der Waals surface area (Å²) < 4.78 is 7.24. The van der Waals surface area contributed by atoms with Crippen molar-refractivity contribution in [3.63, 3.8) is 0 Å². The van der Waals surface area contributed by atoms with E-state index in [1.165, 1.54) is 0 Å². The van der Waals surface area contributed by atoms with Crippen LogP contribution in [0.25, 0.3) is 16.7 Å². The van der Waals surface area contributed by atoms with Gasteiger partial charge in [0.05, 0.1) is 12.6 Å². The van der Waals surface area contributed by atoms with Crippen LogP contribution in [0.5, 0.6) is 5.75 Å². The lowest BCUT2D eigenvalue weighted by atomic mass is 10.1. The van der Waals surface area contributed by atoms with Crippen LogP contribution >= 0.6 is 0 Å². The number of nitrogens with two attached hydrogens (primary N) is 1. The lowest BCUT2D eigenvalue weighted by Gasteiger charge is -2.12. The van der Waals surface area contributed by atoms with Gasteiger partial charge in [0, 0.05) is 12.1 Å². The average molecular weight is 254 g/mol. The molecule has 0 fully saturated rings. The SMILES string of the molecule is COc1c(CN)cccc1-n1nnc2ccccc21. The summed E-state index contributed by atoms with van der Waals surface area (Å²) in [6, 6.07) is 13.6. The Labute approximate surface area is 110 Å². The molecule has 2 N–H and O–H groups in total. The summed E-state index contributed by atoms with van der Waals surface area (Å²) in [6.07, 6.45) is 0. The largest absolute Gasteiger partial charge is 0.494 e. The summed E-state index contributed by atoms with van der Waals surface area (Å²) >= 11 is 0. The van der Waals surface area contributed by atoms with Crippen LogP contribution in [-0.2, 0) is 6.54 Å². The van der Waals surface area contributed by atoms with Crippen molar-refractivity contribution in [1.82, 2.24) is 15.0 Å². The number of methoxy groups -OCH3 is 1. The number of hydrogen-bond acceptors (Lipinski definition) is 4. The zero-order valence-electron chi connectivity index (χ0n) is 10.6. The normalized spacial score (nSPS) is 10.8. The lowest BCUT2D eigenvalue weighted by Crippen LogP contribution is -2.05. The molecule has 0 unspecified atom stereocenters. The predicted molar refractivity (Wildman–Crippen MR) is 73.3 cm³/mol. The fourth-order valence-electron chi connectivity index (χ4n) is 2.18. The highest BCUT2D eigenvalue weighted by atomic mass is 16.5. The number of fused-ring (bicyclic) bond motifs is 1. The molecule has 1 aromatic heterocycles. The van der Waals surface area contributed by atoms with Gasteiger partial charge < -0.3 is 10.5 Å². The van der Waals surface area contributed by atoms with Crippen LogP contribution < -0.4 is 10.5 Å². The molecule has 0 bridgehead atoms. The Morgan fingerprint density at radius 1 is 1.16 bits per heavy atom. The number of nitrogens with zero attached hydrogens (tertiary/aromatic N) is 3. The van der Waals surface area contributed by atoms with Crippen molar-refractivity contribution in [2.75, 3.05) is 7.11 Å². The Morgan fingerprint density at radius 2 is 2.00 bits per heavy atom. The molecule has 96 valence electrons. The Bertz CT molecular complexity index is 720. The molecule has 2 aromatic carbocycles. The maximum atomic E-state index is 5.74. The summed E-state index contributed by atoms with van der Waals surface area (Å²) in [5.74, 6) is 0.737. The highest BCUT2D eigenvalue weighted by Crippen LogP contribution is 2.28. The van der Waals surface area contributed by atoms with Gasteiger partial charge in [-0.1, -0.05) is 29.5 Å². The predicted octanol–water partition coefficient (Wildman–Crippen LogP) is 1.89. The molecule has 0 spiro atoms. The van der Waals surface area contributed by atoms with Crippen molar-refractivity contribution in [2.24, 2.45) is 5.73 Å². The second kappa shape index (κ2) is 4.70. The van der Waals surface area contributed by atoms with Crippen molar-refractivity contribution >= 4 is 11.0 Å². The average Bonchev–Trinajstić information content (AvgIpc) is 2.90. The second-order valence-electron chi connectivity index (χ2n) is 4.16. The van der Waals surface area contributed by atoms with Gasteiger partial charge in [0.15, 0.2) is 0 Å². The van der Waals surface area contributed by atoms with Crippen molar-refractivity contribution < 1.29 is 4.74 Å². The van der Waals surface area contributed by atoms with Crippen LogP contribution in [-0.4, -0.2) is 22.1 Å². The van der Waals surface area contributed by atoms with E-state index in [0.29, 0.717) is 6.54 Å². The third-order valence-electron chi connectivity index (χ3n) is 3.08. The number of benzene rings is 2. The molecule has 5 nitrogen and oxygen atoms in total. The molecule has 0 saturated heterocycles. The number of ether oxygens (including phenoxy) is 1. The summed E-state index contributed by atoms with van der Waals surface area (Å²) in [4.78, 5) is 0. The Hall–Kier alpha value is -2.40. The highest BCUT2D eigenvalue weighted by molar-refractivity contribution is 5.76. The van der Waals surface area contributed by atoms with E-state index in [0.717, 1.165) is 28.0 Å². The van der Waals surface area contributed by atoms with Crippen molar-refractivity contribution in [2.45, 2.75) is 6.54 Å². The molecule has 0 saturated carbocycles. The van der Waals surface area contributed by atoms with Crippen molar-refractivity contribution in [3.05, 3.63) is 48.0 Å². The first-order valence-electron chi connectivity index (χ1n) is 6.02. The zero-order valence-corrected chi connectivity index (χ0v) is 10.6. The number of aromatic nitrogens is 3. The van der Waals surface area contributed by atoms with Crippen LogP contribution in [0.3, 0.4) is 0 Å². The van der Waals surface area contributed by atoms with Crippen LogP contribution in [0.4, 0.5) is 0 Å². The lowest BCUT2D eigenvalue weighted by molar-refractivity contribution is 0.407. The van der Waals surface area contributed by atoms with E-state index < -0.39 is 0 Å². The molecular weight excluding hydrogens is 240 g/mol. The first kappa shape index (κ1) is 11.7. The smallest absolute Gasteiger partial charge is 0.149 e. The topological polar surface area (TPSA) is 66.0 Å². The van der Waals surface area contributed by atoms with Gasteiger partial charge >= 0.3 is 0 Å². The minimum atomic E-state index is 0.420. The highest BCUT2D eigenvalue weighted by Gasteiger charge is 2.13. The van der Waals surface area contributed by atoms with E-state index in [1.54, 1.807) is 11.8 Å². The van der Waals surface area contributed by atoms with Crippen LogP contribution in [0.1, 0.15) is 5.56 Å². The molecule has 1 heterocycles. The van der Waals surface area contributed by atoms with E-state index in [1.807, 2.05) is 42.5 Å². The second-order valence-corrected chi connectivity index (χ2v) is 4.16. The van der Waals surface area contributed by atoms with Gasteiger partial charge in [0.1, 0.15) is 17.0 Å². The standard InChI is InChI=1S/C14H14N4O/c1-19-14-10(9-15)5-4-8-13(14)18-12-7-3-2-6-11(12)16-17-18/h2-8H,9,15H2,1H3. The van der Waals surface area contributed by atoms with Gasteiger partial charge in [-0.05, 0) is 18.2 Å². The molecule has 0 aliphatic carbocycles. The van der Waals surface area contributed by atoms with Crippen LogP contribution in [0, 0.1) is 0 Å². The quantitative estimate of drug-likeness (QED) is 0.775. The van der Waals surface area contributed by atoms with Crippen LogP contribution in [0.2, 0.25) is 0 Å². The van der Waals surface area contributed by atoms with Gasteiger partial charge in [-0.25, -0.2) is 4.68 Å². The molecule has 0 atom stereocenters. The number of hydrogen-bond donors (Lipinski definition) is 1. The maximum Gasteiger partial charge on any atom is 0.149 e. The third kappa shape index (κ3) is 1.84. The van der Waals surface area contributed by atoms with E-state index in [-0.39, 0.29) is 0 Å². The molecule has 0 aliphatic rings. The van der Waals surface area contributed by atoms with Crippen molar-refractivity contribution in [1.29, 1.82) is 0 Å². The number of rotatable bonds is 3. The monoisotopic (exact) mass is 254 g/mol. The molecule has 3 rings (SSSR count). The fourth-order valence-corrected chi connectivity index (χ4v) is 2.18. The summed E-state index contributed by atoms with van der Waals surface area (Å²) in [5.41, 5.74) is 9.32. The van der Waals surface area contributed by atoms with Crippen LogP contribution in [0.15, 0.2) is 42.5 Å². The Kier molecular flexibility index (Phi) is 2.89. The fraction of sp³-hybridized carbons (Fsp3) is 0.143. The van der Waals surface area contributed by atoms with E-state index in [2.05, 4.69) is 10.3 Å². The minimum absolute atomic E-state index is 0.420. The summed E-state index contributed by atoms with van der Waals surface area (Å²) in [5, 5.41) is 8.35. The maximum absolute atomic E-state index is 5.74. The Morgan fingerprint density at radius 3 is 2.79 bits per heavy atom. The molecule has 3 aromatic rings. The summed E-state index contributed by atoms with van der Waals surface area (Å²) in [6.45, 7) is 0.420. The molecular formula is C14H14N4O. The van der Waals surface area contributed by atoms with Gasteiger partial charge in [-0.3, -0.25) is 0 Å². The van der Waals surface area contributed by atoms with Gasteiger partial charge in [-0.2, -0.15) is 0 Å². The first-order valence-corrected chi connectivity index (χ1v) is 6.02. The molecule has 19 heavy (non-hydrogen) atoms. The van der Waals surface area contributed by atoms with E-state index in [4.69, 9.17) is 10.5 Å². The van der Waals surface area contributed by atoms with E-state index in [9.17, 15) is 0 Å². The van der Waals surface area contributed by atoms with Crippen molar-refractivity contribution in [3.8, 4) is 11.4 Å². The van der Waals surface area contributed by atoms with Gasteiger partial charge in [0.2, 0.25) is 0 Å². The molecule has 0 radical (unpaired) electrons. The van der Waals surface area contributed by atoms with Gasteiger partial charge in [-0.15, -0.1) is 5.10 Å². The summed E-state index contributed by atoms with van der Waals surface area (Å²) in [7, 11) is 1.64.